The minimum atomic E-state index is -4.11. The largest absolute Gasteiger partial charge is 0.361 e. The van der Waals surface area contributed by atoms with Crippen LogP contribution < -0.4 is 5.43 Å². The summed E-state index contributed by atoms with van der Waals surface area (Å²) in [6.07, 6.45) is 5.25. The molecule has 0 bridgehead atoms. The highest BCUT2D eigenvalue weighted by Gasteiger charge is 2.37. The second-order valence-corrected chi connectivity index (χ2v) is 12.6. The Morgan fingerprint density at radius 1 is 1.00 bits per heavy atom. The van der Waals surface area contributed by atoms with E-state index in [9.17, 15) is 21.6 Å². The summed E-state index contributed by atoms with van der Waals surface area (Å²) in [4.78, 5) is 15.7. The van der Waals surface area contributed by atoms with Crippen LogP contribution in [0.1, 0.15) is 48.3 Å². The second kappa shape index (κ2) is 9.90. The number of hydrogen-bond donors (Lipinski definition) is 2. The molecule has 11 heteroatoms. The summed E-state index contributed by atoms with van der Waals surface area (Å²) in [5, 5.41) is 4.95. The molecule has 0 saturated heterocycles. The van der Waals surface area contributed by atoms with Crippen molar-refractivity contribution in [2.75, 3.05) is 11.5 Å². The van der Waals surface area contributed by atoms with Crippen LogP contribution in [0.3, 0.4) is 0 Å². The topological polar surface area (TPSA) is 130 Å². The van der Waals surface area contributed by atoms with Gasteiger partial charge in [0.2, 0.25) is 0 Å². The molecule has 0 spiro atoms. The lowest BCUT2D eigenvalue weighted by atomic mass is 10.2. The number of nitrogens with zero attached hydrogens (tertiary/aromatic N) is 2. The molecule has 0 fully saturated rings. The van der Waals surface area contributed by atoms with Gasteiger partial charge in [0.05, 0.1) is 23.2 Å². The zero-order chi connectivity index (χ0) is 26.1. The molecular formula is C25H28N4O5S2. The Labute approximate surface area is 210 Å². The van der Waals surface area contributed by atoms with Crippen molar-refractivity contribution < 1.29 is 21.6 Å². The second-order valence-electron chi connectivity index (χ2n) is 8.54. The molecule has 0 unspecified atom stereocenters. The maximum absolute atomic E-state index is 13.4. The molecule has 190 valence electrons. The molecule has 4 aromatic rings. The lowest BCUT2D eigenvalue weighted by molar-refractivity contribution is 0.0945. The van der Waals surface area contributed by atoms with Gasteiger partial charge in [0.1, 0.15) is 15.5 Å². The van der Waals surface area contributed by atoms with Crippen LogP contribution in [0.5, 0.6) is 0 Å². The van der Waals surface area contributed by atoms with Crippen LogP contribution >= 0.6 is 0 Å². The van der Waals surface area contributed by atoms with Crippen molar-refractivity contribution in [2.45, 2.75) is 43.4 Å². The number of aryl methyl sites for hydroxylation is 1. The minimum Gasteiger partial charge on any atom is -0.361 e. The van der Waals surface area contributed by atoms with E-state index < -0.39 is 30.5 Å². The first-order valence-electron chi connectivity index (χ1n) is 11.6. The molecule has 2 N–H and O–H groups in total. The molecular weight excluding hydrogens is 500 g/mol. The van der Waals surface area contributed by atoms with Crippen LogP contribution in [0.2, 0.25) is 0 Å². The highest BCUT2D eigenvalue weighted by molar-refractivity contribution is 7.94. The van der Waals surface area contributed by atoms with E-state index in [-0.39, 0.29) is 34.0 Å². The number of nitrogens with one attached hydrogen (secondary N) is 2. The van der Waals surface area contributed by atoms with Crippen molar-refractivity contribution in [2.24, 2.45) is 5.10 Å². The number of sulfone groups is 2. The van der Waals surface area contributed by atoms with Crippen LogP contribution in [-0.2, 0) is 19.7 Å². The Morgan fingerprint density at radius 3 is 2.36 bits per heavy atom. The van der Waals surface area contributed by atoms with E-state index in [1.54, 1.807) is 39.1 Å². The number of hydrazone groups is 1. The average molecular weight is 529 g/mol. The summed E-state index contributed by atoms with van der Waals surface area (Å²) in [5.41, 5.74) is 4.49. The van der Waals surface area contributed by atoms with Crippen molar-refractivity contribution >= 4 is 48.2 Å². The maximum Gasteiger partial charge on any atom is 0.289 e. The molecule has 3 heterocycles. The third-order valence-electron chi connectivity index (χ3n) is 5.85. The van der Waals surface area contributed by atoms with Crippen molar-refractivity contribution in [1.29, 1.82) is 0 Å². The van der Waals surface area contributed by atoms with Gasteiger partial charge in [-0.05, 0) is 37.5 Å². The monoisotopic (exact) mass is 528 g/mol. The Balaban J connectivity index is 1.89. The van der Waals surface area contributed by atoms with Crippen molar-refractivity contribution in [1.82, 2.24) is 14.8 Å². The molecule has 9 nitrogen and oxygen atoms in total. The van der Waals surface area contributed by atoms with E-state index in [0.29, 0.717) is 12.0 Å². The Kier molecular flexibility index (Phi) is 7.05. The lowest BCUT2D eigenvalue weighted by Gasteiger charge is -2.09. The molecule has 36 heavy (non-hydrogen) atoms. The van der Waals surface area contributed by atoms with E-state index in [0.717, 1.165) is 16.5 Å². The smallest absolute Gasteiger partial charge is 0.289 e. The number of hydrogen-bond acceptors (Lipinski definition) is 6. The summed E-state index contributed by atoms with van der Waals surface area (Å²) in [6, 6.07) is 10.9. The fraction of sp³-hybridized carbons (Fsp3) is 0.280. The fourth-order valence-corrected chi connectivity index (χ4v) is 8.40. The van der Waals surface area contributed by atoms with Gasteiger partial charge < -0.3 is 9.38 Å². The predicted octanol–water partition coefficient (Wildman–Crippen LogP) is 3.86. The Bertz CT molecular complexity index is 1700. The van der Waals surface area contributed by atoms with Gasteiger partial charge in [-0.1, -0.05) is 38.1 Å². The van der Waals surface area contributed by atoms with Gasteiger partial charge in [0.15, 0.2) is 19.7 Å². The van der Waals surface area contributed by atoms with E-state index in [2.05, 4.69) is 15.5 Å². The number of para-hydroxylation sites is 1. The molecule has 1 aromatic carbocycles. The summed E-state index contributed by atoms with van der Waals surface area (Å²) in [5.74, 6) is -1.36. The van der Waals surface area contributed by atoms with Gasteiger partial charge in [-0.25, -0.2) is 22.3 Å². The number of benzene rings is 1. The van der Waals surface area contributed by atoms with Crippen LogP contribution in [0.15, 0.2) is 63.7 Å². The Morgan fingerprint density at radius 2 is 1.67 bits per heavy atom. The maximum atomic E-state index is 13.4. The molecule has 0 saturated carbocycles. The van der Waals surface area contributed by atoms with Crippen LogP contribution in [-0.4, -0.2) is 49.8 Å². The number of pyridine rings is 1. The fourth-order valence-electron chi connectivity index (χ4n) is 4.36. The van der Waals surface area contributed by atoms with E-state index in [1.807, 2.05) is 24.3 Å². The average Bonchev–Trinajstić information content (AvgIpc) is 3.40. The van der Waals surface area contributed by atoms with Crippen molar-refractivity contribution in [3.8, 4) is 0 Å². The van der Waals surface area contributed by atoms with Gasteiger partial charge in [-0.2, -0.15) is 5.10 Å². The molecule has 0 atom stereocenters. The number of amides is 1. The summed E-state index contributed by atoms with van der Waals surface area (Å²) < 4.78 is 54.9. The SMILES string of the molecule is CCCS(=O)(=O)c1c(S(=O)(=O)CCC)c2c(C)cccn2c1C(=O)N/N=C/c1c[nH]c2ccccc12. The number of H-pyrrole nitrogens is 1. The molecule has 1 amide bonds. The summed E-state index contributed by atoms with van der Waals surface area (Å²) in [7, 11) is -8.12. The van der Waals surface area contributed by atoms with Crippen LogP contribution in [0.4, 0.5) is 0 Å². The first-order chi connectivity index (χ1) is 17.1. The van der Waals surface area contributed by atoms with Gasteiger partial charge in [0, 0.05) is 28.9 Å². The number of carbonyl (C=O) groups excluding carboxylic acids is 1. The summed E-state index contributed by atoms with van der Waals surface area (Å²) in [6.45, 7) is 5.08. The van der Waals surface area contributed by atoms with E-state index in [1.165, 1.54) is 16.8 Å². The van der Waals surface area contributed by atoms with Gasteiger partial charge in [0.25, 0.3) is 5.91 Å². The Hall–Kier alpha value is -3.44. The van der Waals surface area contributed by atoms with E-state index >= 15 is 0 Å². The zero-order valence-electron chi connectivity index (χ0n) is 20.3. The lowest BCUT2D eigenvalue weighted by Crippen LogP contribution is -2.23. The summed E-state index contributed by atoms with van der Waals surface area (Å²) >= 11 is 0. The molecule has 3 aromatic heterocycles. The number of rotatable bonds is 9. The highest BCUT2D eigenvalue weighted by Crippen LogP contribution is 2.35. The predicted molar refractivity (Wildman–Crippen MR) is 140 cm³/mol. The first-order valence-corrected chi connectivity index (χ1v) is 14.9. The van der Waals surface area contributed by atoms with Gasteiger partial charge >= 0.3 is 0 Å². The van der Waals surface area contributed by atoms with Crippen molar-refractivity contribution in [3.63, 3.8) is 0 Å². The third kappa shape index (κ3) is 4.56. The standard InChI is InChI=1S/C25H28N4O5S2/c1-4-13-35(31,32)23-21-17(3)9-8-12-29(21)22(24(23)36(33,34)14-5-2)25(30)28-27-16-18-15-26-20-11-7-6-10-19(18)20/h6-12,15-16,26H,4-5,13-14H2,1-3H3,(H,28,30)/b27-16+. The van der Waals surface area contributed by atoms with Gasteiger partial charge in [-0.15, -0.1) is 0 Å². The normalized spacial score (nSPS) is 12.6. The third-order valence-corrected chi connectivity index (χ3v) is 9.91. The molecule has 0 radical (unpaired) electrons. The van der Waals surface area contributed by atoms with Crippen LogP contribution in [0, 0.1) is 6.92 Å². The number of carbonyl (C=O) groups is 1. The molecule has 0 aliphatic carbocycles. The number of aromatic amines is 1. The molecule has 4 rings (SSSR count). The van der Waals surface area contributed by atoms with Gasteiger partial charge in [-0.3, -0.25) is 4.79 Å². The van der Waals surface area contributed by atoms with E-state index in [4.69, 9.17) is 0 Å². The van der Waals surface area contributed by atoms with Crippen LogP contribution in [0.25, 0.3) is 16.4 Å². The molecule has 0 aliphatic heterocycles. The minimum absolute atomic E-state index is 0.186. The number of fused-ring (bicyclic) bond motifs is 2. The highest BCUT2D eigenvalue weighted by atomic mass is 32.2. The molecule has 0 aliphatic rings. The van der Waals surface area contributed by atoms with Crippen molar-refractivity contribution in [3.05, 3.63) is 65.6 Å². The number of aromatic nitrogens is 2. The zero-order valence-corrected chi connectivity index (χ0v) is 21.9. The first kappa shape index (κ1) is 25.6. The quantitative estimate of drug-likeness (QED) is 0.252.